The molecular formula is C12H14N4OS. The van der Waals surface area contributed by atoms with Crippen LogP contribution in [0.25, 0.3) is 0 Å². The van der Waals surface area contributed by atoms with Gasteiger partial charge in [-0.2, -0.15) is 0 Å². The lowest BCUT2D eigenvalue weighted by atomic mass is 10.3. The summed E-state index contributed by atoms with van der Waals surface area (Å²) in [6, 6.07) is 3.57. The number of thiazole rings is 1. The molecule has 0 radical (unpaired) electrons. The molecule has 5 nitrogen and oxygen atoms in total. The molecule has 0 aliphatic rings. The Balaban J connectivity index is 1.97. The lowest BCUT2D eigenvalue weighted by Gasteiger charge is -2.06. The van der Waals surface area contributed by atoms with Crippen LogP contribution in [-0.4, -0.2) is 22.4 Å². The van der Waals surface area contributed by atoms with Gasteiger partial charge in [0.25, 0.3) is 5.91 Å². The van der Waals surface area contributed by atoms with E-state index in [1.165, 1.54) is 11.3 Å². The van der Waals surface area contributed by atoms with Crippen LogP contribution in [-0.2, 0) is 6.54 Å². The molecule has 2 rings (SSSR count). The van der Waals surface area contributed by atoms with Crippen molar-refractivity contribution in [3.8, 4) is 0 Å². The highest BCUT2D eigenvalue weighted by molar-refractivity contribution is 7.07. The normalized spacial score (nSPS) is 10.1. The lowest BCUT2D eigenvalue weighted by molar-refractivity contribution is 0.0945. The summed E-state index contributed by atoms with van der Waals surface area (Å²) in [5, 5.41) is 7.83. The van der Waals surface area contributed by atoms with Crippen LogP contribution in [0, 0.1) is 0 Å². The van der Waals surface area contributed by atoms with Gasteiger partial charge in [-0.1, -0.05) is 0 Å². The fourth-order valence-corrected chi connectivity index (χ4v) is 2.01. The summed E-state index contributed by atoms with van der Waals surface area (Å²) in [5.74, 6) is -0.192. The molecule has 94 valence electrons. The number of carbonyl (C=O) groups is 1. The van der Waals surface area contributed by atoms with Crippen LogP contribution >= 0.6 is 11.3 Å². The van der Waals surface area contributed by atoms with Crippen molar-refractivity contribution in [3.05, 3.63) is 40.6 Å². The summed E-state index contributed by atoms with van der Waals surface area (Å²) in [4.78, 5) is 20.0. The zero-order valence-electron chi connectivity index (χ0n) is 10.0. The first-order valence-electron chi connectivity index (χ1n) is 5.64. The second kappa shape index (κ2) is 6.11. The predicted octanol–water partition coefficient (Wildman–Crippen LogP) is 1.90. The van der Waals surface area contributed by atoms with Gasteiger partial charge in [-0.25, -0.2) is 4.98 Å². The smallest absolute Gasteiger partial charge is 0.270 e. The quantitative estimate of drug-likeness (QED) is 0.863. The average molecular weight is 262 g/mol. The first kappa shape index (κ1) is 12.5. The first-order chi connectivity index (χ1) is 8.79. The van der Waals surface area contributed by atoms with Crippen LogP contribution < -0.4 is 10.6 Å². The number of rotatable bonds is 5. The van der Waals surface area contributed by atoms with Crippen LogP contribution in [0.1, 0.15) is 23.1 Å². The third-order valence-corrected chi connectivity index (χ3v) is 2.92. The van der Waals surface area contributed by atoms with Gasteiger partial charge in [0.2, 0.25) is 0 Å². The van der Waals surface area contributed by atoms with Crippen molar-refractivity contribution in [1.82, 2.24) is 15.3 Å². The van der Waals surface area contributed by atoms with E-state index in [0.29, 0.717) is 12.2 Å². The molecule has 2 N–H and O–H groups in total. The maximum atomic E-state index is 11.9. The fourth-order valence-electron chi connectivity index (χ4n) is 1.46. The molecular weight excluding hydrogens is 248 g/mol. The van der Waals surface area contributed by atoms with Gasteiger partial charge in [0.15, 0.2) is 0 Å². The summed E-state index contributed by atoms with van der Waals surface area (Å²) in [5.41, 5.74) is 3.90. The van der Waals surface area contributed by atoms with Gasteiger partial charge >= 0.3 is 0 Å². The van der Waals surface area contributed by atoms with Crippen molar-refractivity contribution >= 4 is 22.9 Å². The van der Waals surface area contributed by atoms with Crippen molar-refractivity contribution in [2.75, 3.05) is 11.9 Å². The van der Waals surface area contributed by atoms with Gasteiger partial charge in [0.05, 0.1) is 17.7 Å². The second-order valence-corrected chi connectivity index (χ2v) is 4.34. The largest absolute Gasteiger partial charge is 0.385 e. The number of hydrogen-bond donors (Lipinski definition) is 2. The summed E-state index contributed by atoms with van der Waals surface area (Å²) < 4.78 is 0. The van der Waals surface area contributed by atoms with E-state index in [0.717, 1.165) is 17.9 Å². The van der Waals surface area contributed by atoms with E-state index in [2.05, 4.69) is 20.6 Å². The topological polar surface area (TPSA) is 66.9 Å². The molecule has 0 atom stereocenters. The summed E-state index contributed by atoms with van der Waals surface area (Å²) in [6.07, 6.45) is 1.62. The molecule has 0 aromatic carbocycles. The maximum Gasteiger partial charge on any atom is 0.270 e. The number of pyridine rings is 1. The third-order valence-electron chi connectivity index (χ3n) is 2.29. The molecule has 2 aromatic rings. The van der Waals surface area contributed by atoms with E-state index in [1.54, 1.807) is 17.8 Å². The molecule has 0 fully saturated rings. The number of nitrogens with one attached hydrogen (secondary N) is 2. The van der Waals surface area contributed by atoms with Crippen LogP contribution in [0.3, 0.4) is 0 Å². The van der Waals surface area contributed by atoms with Crippen molar-refractivity contribution in [1.29, 1.82) is 0 Å². The summed E-state index contributed by atoms with van der Waals surface area (Å²) >= 11 is 1.51. The van der Waals surface area contributed by atoms with Crippen LogP contribution in [0.5, 0.6) is 0 Å². The monoisotopic (exact) mass is 262 g/mol. The molecule has 0 saturated heterocycles. The van der Waals surface area contributed by atoms with Crippen molar-refractivity contribution in [2.45, 2.75) is 13.5 Å². The summed E-state index contributed by atoms with van der Waals surface area (Å²) in [6.45, 7) is 3.24. The SMILES string of the molecule is CCNc1ccnc(C(=O)NCc2cscn2)c1. The molecule has 0 saturated carbocycles. The minimum Gasteiger partial charge on any atom is -0.385 e. The zero-order valence-corrected chi connectivity index (χ0v) is 10.8. The van der Waals surface area contributed by atoms with Gasteiger partial charge in [0, 0.05) is 23.8 Å². The standard InChI is InChI=1S/C12H14N4OS/c1-2-13-9-3-4-14-11(5-9)12(17)15-6-10-7-18-8-16-10/h3-5,7-8H,2,6H2,1H3,(H,13,14)(H,15,17). The lowest BCUT2D eigenvalue weighted by Crippen LogP contribution is -2.24. The highest BCUT2D eigenvalue weighted by Gasteiger charge is 2.07. The average Bonchev–Trinajstić information content (AvgIpc) is 2.90. The Kier molecular flexibility index (Phi) is 4.25. The number of anilines is 1. The van der Waals surface area contributed by atoms with E-state index in [1.807, 2.05) is 18.4 Å². The van der Waals surface area contributed by atoms with E-state index in [-0.39, 0.29) is 5.91 Å². The van der Waals surface area contributed by atoms with E-state index in [9.17, 15) is 4.79 Å². The minimum absolute atomic E-state index is 0.192. The molecule has 0 spiro atoms. The van der Waals surface area contributed by atoms with E-state index >= 15 is 0 Å². The Morgan fingerprint density at radius 3 is 3.06 bits per heavy atom. The zero-order chi connectivity index (χ0) is 12.8. The minimum atomic E-state index is -0.192. The van der Waals surface area contributed by atoms with Gasteiger partial charge in [-0.15, -0.1) is 11.3 Å². The van der Waals surface area contributed by atoms with Crippen LogP contribution in [0.2, 0.25) is 0 Å². The van der Waals surface area contributed by atoms with Crippen molar-refractivity contribution in [3.63, 3.8) is 0 Å². The molecule has 0 aliphatic carbocycles. The highest BCUT2D eigenvalue weighted by atomic mass is 32.1. The second-order valence-electron chi connectivity index (χ2n) is 3.62. The van der Waals surface area contributed by atoms with Gasteiger partial charge in [0.1, 0.15) is 5.69 Å². The van der Waals surface area contributed by atoms with Crippen LogP contribution in [0.15, 0.2) is 29.2 Å². The van der Waals surface area contributed by atoms with Gasteiger partial charge in [-0.3, -0.25) is 9.78 Å². The van der Waals surface area contributed by atoms with Crippen molar-refractivity contribution < 1.29 is 4.79 Å². The molecule has 0 unspecified atom stereocenters. The van der Waals surface area contributed by atoms with Crippen LogP contribution in [0.4, 0.5) is 5.69 Å². The Morgan fingerprint density at radius 2 is 2.33 bits per heavy atom. The molecule has 0 aliphatic heterocycles. The molecule has 1 amide bonds. The van der Waals surface area contributed by atoms with Gasteiger partial charge < -0.3 is 10.6 Å². The predicted molar refractivity (Wildman–Crippen MR) is 71.7 cm³/mol. The number of aromatic nitrogens is 2. The summed E-state index contributed by atoms with van der Waals surface area (Å²) in [7, 11) is 0. The van der Waals surface area contributed by atoms with Crippen molar-refractivity contribution in [2.24, 2.45) is 0 Å². The molecule has 18 heavy (non-hydrogen) atoms. The molecule has 2 aromatic heterocycles. The third kappa shape index (κ3) is 3.27. The van der Waals surface area contributed by atoms with E-state index < -0.39 is 0 Å². The van der Waals surface area contributed by atoms with E-state index in [4.69, 9.17) is 0 Å². The molecule has 6 heteroatoms. The number of carbonyl (C=O) groups excluding carboxylic acids is 1. The van der Waals surface area contributed by atoms with Gasteiger partial charge in [-0.05, 0) is 19.1 Å². The molecule has 2 heterocycles. The Bertz CT molecular complexity index is 513. The number of hydrogen-bond acceptors (Lipinski definition) is 5. The fraction of sp³-hybridized carbons (Fsp3) is 0.250. The highest BCUT2D eigenvalue weighted by Crippen LogP contribution is 2.08. The molecule has 0 bridgehead atoms. The maximum absolute atomic E-state index is 11.9. The Hall–Kier alpha value is -1.95. The first-order valence-corrected chi connectivity index (χ1v) is 6.59. The Morgan fingerprint density at radius 1 is 1.44 bits per heavy atom. The Labute approximate surface area is 109 Å². The number of nitrogens with zero attached hydrogens (tertiary/aromatic N) is 2. The number of amides is 1.